The van der Waals surface area contributed by atoms with Crippen LogP contribution in [-0.4, -0.2) is 18.7 Å². The van der Waals surface area contributed by atoms with Crippen molar-refractivity contribution in [2.45, 2.75) is 0 Å². The number of fused-ring (bicyclic) bond motifs is 9. The molecule has 4 heteroatoms. The second kappa shape index (κ2) is 10.8. The summed E-state index contributed by atoms with van der Waals surface area (Å²) in [5.74, 6) is 0.233. The molecule has 0 bridgehead atoms. The average Bonchev–Trinajstić information content (AvgIpc) is 3.96. The molecular weight excluding hydrogens is 621 g/mol. The highest BCUT2D eigenvalue weighted by Gasteiger charge is 2.20. The van der Waals surface area contributed by atoms with Gasteiger partial charge in [-0.3, -0.25) is 9.13 Å². The second-order valence-electron chi connectivity index (χ2n) is 12.3. The Bertz CT molecular complexity index is 3660. The van der Waals surface area contributed by atoms with Crippen LogP contribution in [0, 0.1) is 0 Å². The van der Waals surface area contributed by atoms with Gasteiger partial charge in [0.25, 0.3) is 0 Å². The highest BCUT2D eigenvalue weighted by molar-refractivity contribution is 6.11. The van der Waals surface area contributed by atoms with E-state index in [0.717, 1.165) is 32.6 Å². The molecule has 238 valence electrons. The molecule has 0 aliphatic heterocycles. The first-order valence-corrected chi connectivity index (χ1v) is 16.4. The average molecular weight is 663 g/mol. The summed E-state index contributed by atoms with van der Waals surface area (Å²) in [5.41, 5.74) is 3.09. The fourth-order valence-electron chi connectivity index (χ4n) is 7.54. The second-order valence-corrected chi connectivity index (χ2v) is 12.3. The van der Waals surface area contributed by atoms with E-state index in [-0.39, 0.29) is 62.3 Å². The number of nitrogens with zero attached hydrogens (tertiary/aromatic N) is 4. The van der Waals surface area contributed by atoms with E-state index in [1.165, 1.54) is 4.57 Å². The van der Waals surface area contributed by atoms with Gasteiger partial charge < -0.3 is 4.57 Å². The maximum atomic E-state index is 9.63. The number of aromatic nitrogens is 4. The molecule has 0 aliphatic rings. The number of benzene rings is 7. The SMILES string of the molecule is [2H]c1c([2H])c([2H])c(-n2c3ccccc3c3ccccc32)c(-c2cc(-n3c4ccccc4c4ccccc43)nc(-n3c4c([2H])c([2H])c([2H])c([2H])c4c4c([2H])c([2H])c([2H])c([2H])c43)c2)c1[2H]. The standard InChI is InChI=1S/C47H30N4/c1-8-22-39(49-40-23-9-2-16-33(40)34-17-3-10-24-41(34)49)32(15-1)31-29-46(50-42-25-11-4-18-35(42)36-19-5-12-26-43(36)50)48-47(30-31)51-44-27-13-6-20-37(44)38-21-7-14-28-45(38)51/h1-30H/i1D,4D,5D,8D,11D,12D,15D,18D,19D,22D,25D,26D. The minimum atomic E-state index is -0.587. The predicted molar refractivity (Wildman–Crippen MR) is 213 cm³/mol. The number of rotatable bonds is 4. The van der Waals surface area contributed by atoms with E-state index in [2.05, 4.69) is 0 Å². The minimum absolute atomic E-state index is 0.0278. The maximum absolute atomic E-state index is 9.63. The van der Waals surface area contributed by atoms with Crippen molar-refractivity contribution >= 4 is 65.4 Å². The molecule has 0 fully saturated rings. The molecular formula is C47H30N4. The first-order chi connectivity index (χ1) is 30.3. The Morgan fingerprint density at radius 2 is 0.765 bits per heavy atom. The number of hydrogen-bond acceptors (Lipinski definition) is 1. The molecule has 0 N–H and O–H groups in total. The molecule has 51 heavy (non-hydrogen) atoms. The van der Waals surface area contributed by atoms with Crippen LogP contribution in [0.25, 0.3) is 93.9 Å². The van der Waals surface area contributed by atoms with E-state index >= 15 is 0 Å². The first kappa shape index (κ1) is 18.7. The van der Waals surface area contributed by atoms with Crippen LogP contribution in [0.15, 0.2) is 182 Å². The van der Waals surface area contributed by atoms with Gasteiger partial charge in [0, 0.05) is 37.9 Å². The topological polar surface area (TPSA) is 27.7 Å². The monoisotopic (exact) mass is 662 g/mol. The third kappa shape index (κ3) is 4.05. The van der Waals surface area contributed by atoms with Crippen molar-refractivity contribution in [1.82, 2.24) is 18.7 Å². The summed E-state index contributed by atoms with van der Waals surface area (Å²) in [5, 5.41) is 3.27. The normalized spacial score (nSPS) is 15.2. The smallest absolute Gasteiger partial charge is 0.140 e. The Morgan fingerprint density at radius 3 is 1.27 bits per heavy atom. The molecule has 0 atom stereocenters. The molecule has 0 saturated heterocycles. The zero-order valence-corrected chi connectivity index (χ0v) is 26.7. The van der Waals surface area contributed by atoms with Crippen LogP contribution >= 0.6 is 0 Å². The molecule has 0 saturated carbocycles. The van der Waals surface area contributed by atoms with Crippen molar-refractivity contribution < 1.29 is 16.4 Å². The zero-order chi connectivity index (χ0) is 43.9. The molecule has 4 nitrogen and oxygen atoms in total. The van der Waals surface area contributed by atoms with E-state index in [1.807, 2.05) is 106 Å². The van der Waals surface area contributed by atoms with Crippen LogP contribution in [0.2, 0.25) is 0 Å². The summed E-state index contributed by atoms with van der Waals surface area (Å²) < 4.78 is 114. The summed E-state index contributed by atoms with van der Waals surface area (Å²) in [7, 11) is 0. The maximum Gasteiger partial charge on any atom is 0.140 e. The Labute approximate surface area is 310 Å². The highest BCUT2D eigenvalue weighted by Crippen LogP contribution is 2.39. The molecule has 0 aliphatic carbocycles. The lowest BCUT2D eigenvalue weighted by molar-refractivity contribution is 1.01. The fraction of sp³-hybridized carbons (Fsp3) is 0. The van der Waals surface area contributed by atoms with Gasteiger partial charge in [0.05, 0.1) is 55.2 Å². The Hall–Kier alpha value is -6.91. The lowest BCUT2D eigenvalue weighted by atomic mass is 10.0. The Morgan fingerprint density at radius 1 is 0.373 bits per heavy atom. The van der Waals surface area contributed by atoms with Crippen molar-refractivity contribution in [3.05, 3.63) is 182 Å². The third-order valence-corrected chi connectivity index (χ3v) is 9.63. The largest absolute Gasteiger partial charge is 0.309 e. The summed E-state index contributed by atoms with van der Waals surface area (Å²) in [6, 6.07) is 28.0. The van der Waals surface area contributed by atoms with Crippen LogP contribution in [0.5, 0.6) is 0 Å². The van der Waals surface area contributed by atoms with Gasteiger partial charge in [0.1, 0.15) is 11.6 Å². The van der Waals surface area contributed by atoms with Gasteiger partial charge in [-0.1, -0.05) is 127 Å². The molecule has 7 aromatic carbocycles. The van der Waals surface area contributed by atoms with Crippen LogP contribution in [0.4, 0.5) is 0 Å². The van der Waals surface area contributed by atoms with Crippen LogP contribution in [-0.2, 0) is 0 Å². The van der Waals surface area contributed by atoms with Crippen LogP contribution in [0.3, 0.4) is 0 Å². The molecule has 0 spiro atoms. The van der Waals surface area contributed by atoms with Gasteiger partial charge >= 0.3 is 0 Å². The molecule has 0 unspecified atom stereocenters. The summed E-state index contributed by atoms with van der Waals surface area (Å²) >= 11 is 0. The van der Waals surface area contributed by atoms with E-state index < -0.39 is 60.4 Å². The number of pyridine rings is 1. The van der Waals surface area contributed by atoms with Gasteiger partial charge in [0.2, 0.25) is 0 Å². The lowest BCUT2D eigenvalue weighted by Crippen LogP contribution is -2.05. The molecule has 4 aromatic heterocycles. The summed E-state index contributed by atoms with van der Waals surface area (Å²) in [6.07, 6.45) is 0. The fourth-order valence-corrected chi connectivity index (χ4v) is 7.54. The molecule has 0 radical (unpaired) electrons. The third-order valence-electron chi connectivity index (χ3n) is 9.63. The predicted octanol–water partition coefficient (Wildman–Crippen LogP) is 12.0. The number of para-hydroxylation sites is 7. The highest BCUT2D eigenvalue weighted by atomic mass is 15.1. The van der Waals surface area contributed by atoms with Crippen molar-refractivity contribution in [2.75, 3.05) is 0 Å². The van der Waals surface area contributed by atoms with Crippen molar-refractivity contribution in [2.24, 2.45) is 0 Å². The van der Waals surface area contributed by atoms with Crippen molar-refractivity contribution in [1.29, 1.82) is 0 Å². The number of hydrogen-bond donors (Lipinski definition) is 0. The van der Waals surface area contributed by atoms with E-state index in [0.29, 0.717) is 11.0 Å². The zero-order valence-electron chi connectivity index (χ0n) is 38.7. The van der Waals surface area contributed by atoms with Crippen molar-refractivity contribution in [3.8, 4) is 28.5 Å². The quantitative estimate of drug-likeness (QED) is 0.184. The molecule has 11 rings (SSSR count). The first-order valence-electron chi connectivity index (χ1n) is 22.4. The van der Waals surface area contributed by atoms with Crippen LogP contribution < -0.4 is 0 Å². The van der Waals surface area contributed by atoms with Gasteiger partial charge in [-0.25, -0.2) is 4.98 Å². The van der Waals surface area contributed by atoms with Gasteiger partial charge in [-0.05, 0) is 60.1 Å². The summed E-state index contributed by atoms with van der Waals surface area (Å²) in [4.78, 5) is 5.20. The molecule has 11 aromatic rings. The molecule has 0 amide bonds. The lowest BCUT2D eigenvalue weighted by Gasteiger charge is -2.17. The van der Waals surface area contributed by atoms with Crippen LogP contribution in [0.1, 0.15) is 16.4 Å². The molecule has 4 heterocycles. The Kier molecular flexibility index (Phi) is 3.97. The van der Waals surface area contributed by atoms with E-state index in [4.69, 9.17) is 16.0 Å². The Balaban J connectivity index is 1.38. The van der Waals surface area contributed by atoms with Gasteiger partial charge in [0.15, 0.2) is 0 Å². The van der Waals surface area contributed by atoms with Crippen molar-refractivity contribution in [3.63, 3.8) is 0 Å². The van der Waals surface area contributed by atoms with E-state index in [1.54, 1.807) is 12.1 Å². The van der Waals surface area contributed by atoms with E-state index in [9.17, 15) is 5.48 Å². The summed E-state index contributed by atoms with van der Waals surface area (Å²) in [6.45, 7) is 0. The minimum Gasteiger partial charge on any atom is -0.309 e. The van der Waals surface area contributed by atoms with Gasteiger partial charge in [-0.15, -0.1) is 0 Å². The van der Waals surface area contributed by atoms with Gasteiger partial charge in [-0.2, -0.15) is 0 Å².